The van der Waals surface area contributed by atoms with Crippen molar-refractivity contribution in [2.24, 2.45) is 0 Å². The van der Waals surface area contributed by atoms with Crippen LogP contribution in [0.2, 0.25) is 4.34 Å². The molecule has 0 unspecified atom stereocenters. The molecule has 7 nitrogen and oxygen atoms in total. The van der Waals surface area contributed by atoms with Crippen molar-refractivity contribution in [2.75, 3.05) is 20.3 Å². The number of methoxy groups -OCH3 is 1. The summed E-state index contributed by atoms with van der Waals surface area (Å²) in [7, 11) is -2.27. The molecule has 0 atom stereocenters. The Morgan fingerprint density at radius 3 is 2.70 bits per heavy atom. The van der Waals surface area contributed by atoms with E-state index in [9.17, 15) is 18.5 Å². The first-order valence-electron chi connectivity index (χ1n) is 5.82. The first-order chi connectivity index (χ1) is 9.37. The van der Waals surface area contributed by atoms with E-state index in [4.69, 9.17) is 16.3 Å². The number of thiophene rings is 1. The van der Waals surface area contributed by atoms with Gasteiger partial charge in [-0.25, -0.2) is 8.42 Å². The summed E-state index contributed by atoms with van der Waals surface area (Å²) < 4.78 is 31.0. The van der Waals surface area contributed by atoms with Gasteiger partial charge in [-0.2, -0.15) is 4.31 Å². The fourth-order valence-electron chi connectivity index (χ4n) is 1.75. The zero-order chi connectivity index (χ0) is 14.9. The molecule has 0 radical (unpaired) electrons. The van der Waals surface area contributed by atoms with Crippen LogP contribution in [0.5, 0.6) is 0 Å². The zero-order valence-corrected chi connectivity index (χ0v) is 13.0. The molecule has 0 amide bonds. The third-order valence-electron chi connectivity index (χ3n) is 2.88. The van der Waals surface area contributed by atoms with Gasteiger partial charge >= 0.3 is 0 Å². The minimum atomic E-state index is -3.76. The molecule has 1 saturated carbocycles. The molecule has 0 saturated heterocycles. The van der Waals surface area contributed by atoms with Crippen molar-refractivity contribution in [1.82, 2.24) is 4.31 Å². The van der Waals surface area contributed by atoms with E-state index in [1.54, 1.807) is 0 Å². The van der Waals surface area contributed by atoms with Crippen LogP contribution < -0.4 is 0 Å². The molecule has 0 aromatic carbocycles. The number of rotatable bonds is 7. The van der Waals surface area contributed by atoms with Gasteiger partial charge in [0.15, 0.2) is 4.34 Å². The lowest BCUT2D eigenvalue weighted by Gasteiger charge is -2.20. The van der Waals surface area contributed by atoms with Crippen LogP contribution in [0.1, 0.15) is 12.8 Å². The number of nitro groups is 1. The van der Waals surface area contributed by atoms with E-state index in [0.717, 1.165) is 18.9 Å². The molecular weight excluding hydrogens is 328 g/mol. The van der Waals surface area contributed by atoms with Crippen LogP contribution in [-0.4, -0.2) is 43.9 Å². The first-order valence-corrected chi connectivity index (χ1v) is 8.46. The summed E-state index contributed by atoms with van der Waals surface area (Å²) in [5.74, 6) is 0. The van der Waals surface area contributed by atoms with Crippen LogP contribution in [0.4, 0.5) is 5.69 Å². The molecule has 1 heterocycles. The van der Waals surface area contributed by atoms with Crippen LogP contribution in [0, 0.1) is 10.1 Å². The predicted octanol–water partition coefficient (Wildman–Crippen LogP) is 2.11. The molecular formula is C10H13ClN2O5S2. The molecule has 1 aromatic heterocycles. The summed E-state index contributed by atoms with van der Waals surface area (Å²) in [5, 5.41) is 10.7. The maximum Gasteiger partial charge on any atom is 0.300 e. The Morgan fingerprint density at radius 2 is 2.25 bits per heavy atom. The molecule has 0 aliphatic heterocycles. The molecule has 1 fully saturated rings. The van der Waals surface area contributed by atoms with Gasteiger partial charge in [0, 0.05) is 25.8 Å². The fraction of sp³-hybridized carbons (Fsp3) is 0.600. The van der Waals surface area contributed by atoms with Crippen LogP contribution >= 0.6 is 22.9 Å². The van der Waals surface area contributed by atoms with Crippen LogP contribution in [0.25, 0.3) is 0 Å². The Morgan fingerprint density at radius 1 is 1.60 bits per heavy atom. The fourth-order valence-corrected chi connectivity index (χ4v) is 5.21. The highest BCUT2D eigenvalue weighted by atomic mass is 35.5. The first kappa shape index (κ1) is 15.6. The third-order valence-corrected chi connectivity index (χ3v) is 6.61. The van der Waals surface area contributed by atoms with Crippen molar-refractivity contribution < 1.29 is 18.1 Å². The zero-order valence-electron chi connectivity index (χ0n) is 10.6. The molecule has 1 aromatic rings. The quantitative estimate of drug-likeness (QED) is 0.560. The monoisotopic (exact) mass is 340 g/mol. The molecule has 0 spiro atoms. The largest absolute Gasteiger partial charge is 0.383 e. The highest BCUT2D eigenvalue weighted by molar-refractivity contribution is 7.91. The van der Waals surface area contributed by atoms with Crippen LogP contribution in [0.15, 0.2) is 10.3 Å². The topological polar surface area (TPSA) is 89.8 Å². The smallest absolute Gasteiger partial charge is 0.300 e. The molecule has 10 heteroatoms. The average molecular weight is 341 g/mol. The van der Waals surface area contributed by atoms with Gasteiger partial charge in [0.2, 0.25) is 0 Å². The highest BCUT2D eigenvalue weighted by Gasteiger charge is 2.39. The second kappa shape index (κ2) is 5.94. The van der Waals surface area contributed by atoms with E-state index < -0.39 is 14.9 Å². The third kappa shape index (κ3) is 3.12. The number of ether oxygens (including phenoxy) is 1. The number of halogens is 1. The molecule has 1 aliphatic rings. The van der Waals surface area contributed by atoms with E-state index in [1.807, 2.05) is 0 Å². The molecule has 20 heavy (non-hydrogen) atoms. The lowest BCUT2D eigenvalue weighted by atomic mass is 10.6. The highest BCUT2D eigenvalue weighted by Crippen LogP contribution is 2.40. The average Bonchev–Trinajstić information content (AvgIpc) is 3.10. The van der Waals surface area contributed by atoms with E-state index in [-0.39, 0.29) is 33.4 Å². The van der Waals surface area contributed by atoms with E-state index in [2.05, 4.69) is 0 Å². The Bertz CT molecular complexity index is 611. The van der Waals surface area contributed by atoms with Crippen LogP contribution in [-0.2, 0) is 14.8 Å². The van der Waals surface area contributed by atoms with Crippen molar-refractivity contribution in [3.63, 3.8) is 0 Å². The van der Waals surface area contributed by atoms with Crippen LogP contribution in [0.3, 0.4) is 0 Å². The van der Waals surface area contributed by atoms with Gasteiger partial charge in [0.05, 0.1) is 11.5 Å². The van der Waals surface area contributed by atoms with E-state index >= 15 is 0 Å². The summed E-state index contributed by atoms with van der Waals surface area (Å²) in [4.78, 5) is 10.1. The van der Waals surface area contributed by atoms with Gasteiger partial charge < -0.3 is 4.74 Å². The molecule has 0 N–H and O–H groups in total. The van der Waals surface area contributed by atoms with E-state index in [0.29, 0.717) is 11.3 Å². The molecule has 1 aliphatic carbocycles. The second-order valence-electron chi connectivity index (χ2n) is 4.32. The summed E-state index contributed by atoms with van der Waals surface area (Å²) in [6, 6.07) is 0.972. The minimum absolute atomic E-state index is 0.0462. The van der Waals surface area contributed by atoms with Crippen molar-refractivity contribution in [3.8, 4) is 0 Å². The number of nitrogens with zero attached hydrogens (tertiary/aromatic N) is 2. The van der Waals surface area contributed by atoms with Gasteiger partial charge in [-0.15, -0.1) is 11.3 Å². The molecule has 0 bridgehead atoms. The summed E-state index contributed by atoms with van der Waals surface area (Å²) in [5.41, 5.74) is -0.377. The minimum Gasteiger partial charge on any atom is -0.383 e. The van der Waals surface area contributed by atoms with Crippen molar-refractivity contribution in [3.05, 3.63) is 20.5 Å². The lowest BCUT2D eigenvalue weighted by Crippen LogP contribution is -2.35. The van der Waals surface area contributed by atoms with Crippen molar-refractivity contribution >= 4 is 38.6 Å². The SMILES string of the molecule is COCCN(C1CC1)S(=O)(=O)c1cc([N+](=O)[O-])c(Cl)s1. The maximum atomic E-state index is 12.5. The maximum absolute atomic E-state index is 12.5. The van der Waals surface area contributed by atoms with Crippen molar-refractivity contribution in [2.45, 2.75) is 23.1 Å². The van der Waals surface area contributed by atoms with E-state index in [1.165, 1.54) is 11.4 Å². The normalized spacial score (nSPS) is 15.8. The summed E-state index contributed by atoms with van der Waals surface area (Å²) in [6.45, 7) is 0.504. The van der Waals surface area contributed by atoms with Gasteiger partial charge in [0.1, 0.15) is 4.21 Å². The standard InChI is InChI=1S/C10H13ClN2O5S2/c1-18-5-4-12(7-2-3-7)20(16,17)9-6-8(13(14)15)10(11)19-9/h6-7H,2-5H2,1H3. The van der Waals surface area contributed by atoms with Gasteiger partial charge in [-0.1, -0.05) is 11.6 Å². The Balaban J connectivity index is 2.32. The number of sulfonamides is 1. The number of hydrogen-bond acceptors (Lipinski definition) is 6. The lowest BCUT2D eigenvalue weighted by molar-refractivity contribution is -0.384. The molecule has 112 valence electrons. The van der Waals surface area contributed by atoms with Gasteiger partial charge in [-0.05, 0) is 12.8 Å². The Kier molecular flexibility index (Phi) is 4.65. The second-order valence-corrected chi connectivity index (χ2v) is 8.09. The Labute approximate surface area is 125 Å². The summed E-state index contributed by atoms with van der Waals surface area (Å²) in [6.07, 6.45) is 1.59. The predicted molar refractivity (Wildman–Crippen MR) is 74.8 cm³/mol. The van der Waals surface area contributed by atoms with Gasteiger partial charge in [-0.3, -0.25) is 10.1 Å². The summed E-state index contributed by atoms with van der Waals surface area (Å²) >= 11 is 6.43. The van der Waals surface area contributed by atoms with Gasteiger partial charge in [0.25, 0.3) is 15.7 Å². The number of hydrogen-bond donors (Lipinski definition) is 0. The van der Waals surface area contributed by atoms with Crippen molar-refractivity contribution in [1.29, 1.82) is 0 Å². The Hall–Kier alpha value is -0.740. The molecule has 2 rings (SSSR count).